The largest absolute Gasteiger partial charge is 0.477 e. The molecule has 0 radical (unpaired) electrons. The van der Waals surface area contributed by atoms with E-state index in [1.54, 1.807) is 12.3 Å². The zero-order valence-corrected chi connectivity index (χ0v) is 11.8. The van der Waals surface area contributed by atoms with E-state index in [2.05, 4.69) is 24.1 Å². The van der Waals surface area contributed by atoms with Gasteiger partial charge in [0.2, 0.25) is 5.88 Å². The normalized spacial score (nSPS) is 11.9. The van der Waals surface area contributed by atoms with Gasteiger partial charge in [-0.15, -0.1) is 0 Å². The van der Waals surface area contributed by atoms with Crippen LogP contribution >= 0.6 is 0 Å². The maximum atomic E-state index is 12.0. The predicted molar refractivity (Wildman–Crippen MR) is 71.6 cm³/mol. The fraction of sp³-hybridized carbons (Fsp3) is 0.643. The number of nitrogens with zero attached hydrogens (tertiary/aromatic N) is 1. The molecule has 1 aromatic rings. The maximum Gasteiger partial charge on any atom is 0.389 e. The molecule has 0 aliphatic carbocycles. The first-order valence-electron chi connectivity index (χ1n) is 6.72. The molecule has 0 aliphatic rings. The van der Waals surface area contributed by atoms with Gasteiger partial charge in [0.15, 0.2) is 0 Å². The maximum absolute atomic E-state index is 12.0. The van der Waals surface area contributed by atoms with Gasteiger partial charge < -0.3 is 10.1 Å². The zero-order valence-electron chi connectivity index (χ0n) is 11.8. The Labute approximate surface area is 117 Å². The summed E-state index contributed by atoms with van der Waals surface area (Å²) in [6.07, 6.45) is -3.44. The van der Waals surface area contributed by atoms with Crippen molar-refractivity contribution in [2.45, 2.75) is 39.4 Å². The number of alkyl halides is 3. The molecular formula is C14H21F3N2O. The molecule has 0 aromatic carbocycles. The van der Waals surface area contributed by atoms with E-state index in [-0.39, 0.29) is 13.0 Å². The molecule has 0 bridgehead atoms. The average molecular weight is 290 g/mol. The van der Waals surface area contributed by atoms with E-state index in [0.29, 0.717) is 18.3 Å². The predicted octanol–water partition coefficient (Wildman–Crippen LogP) is 3.55. The molecule has 20 heavy (non-hydrogen) atoms. The minimum absolute atomic E-state index is 0.0215. The Bertz CT molecular complexity index is 394. The number of halogens is 3. The summed E-state index contributed by atoms with van der Waals surface area (Å²) in [5.41, 5.74) is 0.861. The molecule has 1 rings (SSSR count). The third-order valence-corrected chi connectivity index (χ3v) is 2.56. The van der Waals surface area contributed by atoms with Crippen LogP contribution in [0.5, 0.6) is 5.88 Å². The van der Waals surface area contributed by atoms with Gasteiger partial charge >= 0.3 is 6.18 Å². The molecule has 0 aliphatic heterocycles. The van der Waals surface area contributed by atoms with Crippen molar-refractivity contribution in [1.29, 1.82) is 0 Å². The van der Waals surface area contributed by atoms with Crippen LogP contribution < -0.4 is 10.1 Å². The number of rotatable bonds is 8. The molecule has 0 spiro atoms. The highest BCUT2D eigenvalue weighted by Crippen LogP contribution is 2.22. The lowest BCUT2D eigenvalue weighted by molar-refractivity contribution is -0.136. The second-order valence-electron chi connectivity index (χ2n) is 5.06. The Balaban J connectivity index is 2.40. The Morgan fingerprint density at radius 3 is 2.75 bits per heavy atom. The number of hydrogen-bond acceptors (Lipinski definition) is 3. The Kier molecular flexibility index (Phi) is 6.78. The molecule has 1 aromatic heterocycles. The number of hydrogen-bond donors (Lipinski definition) is 1. The van der Waals surface area contributed by atoms with E-state index in [1.807, 2.05) is 6.07 Å². The van der Waals surface area contributed by atoms with Crippen molar-refractivity contribution in [2.75, 3.05) is 13.2 Å². The Hall–Kier alpha value is -1.30. The number of pyridine rings is 1. The first-order valence-corrected chi connectivity index (χ1v) is 6.72. The van der Waals surface area contributed by atoms with Gasteiger partial charge in [-0.25, -0.2) is 4.98 Å². The average Bonchev–Trinajstić information content (AvgIpc) is 2.34. The molecule has 1 N–H and O–H groups in total. The first-order chi connectivity index (χ1) is 9.38. The van der Waals surface area contributed by atoms with E-state index >= 15 is 0 Å². The molecule has 1 heterocycles. The third-order valence-electron chi connectivity index (χ3n) is 2.56. The molecule has 6 heteroatoms. The van der Waals surface area contributed by atoms with Crippen LogP contribution in [-0.2, 0) is 6.54 Å². The van der Waals surface area contributed by atoms with Crippen LogP contribution in [0.4, 0.5) is 13.2 Å². The van der Waals surface area contributed by atoms with E-state index in [1.165, 1.54) is 0 Å². The molecule has 114 valence electrons. The van der Waals surface area contributed by atoms with Gasteiger partial charge in [0.05, 0.1) is 6.61 Å². The lowest BCUT2D eigenvalue weighted by Gasteiger charge is -2.12. The van der Waals surface area contributed by atoms with E-state index in [9.17, 15) is 13.2 Å². The van der Waals surface area contributed by atoms with E-state index < -0.39 is 12.6 Å². The van der Waals surface area contributed by atoms with Gasteiger partial charge in [-0.05, 0) is 24.9 Å². The molecule has 0 fully saturated rings. The SMILES string of the molecule is CC(C)CNCc1cccnc1OCCCC(F)(F)F. The summed E-state index contributed by atoms with van der Waals surface area (Å²) in [5.74, 6) is 0.939. The van der Waals surface area contributed by atoms with Crippen LogP contribution in [0.15, 0.2) is 18.3 Å². The van der Waals surface area contributed by atoms with Gasteiger partial charge in [0, 0.05) is 24.7 Å². The standard InChI is InChI=1S/C14H21F3N2O/c1-11(2)9-18-10-12-5-3-7-19-13(12)20-8-4-6-14(15,16)17/h3,5,7,11,18H,4,6,8-10H2,1-2H3. The van der Waals surface area contributed by atoms with Crippen molar-refractivity contribution in [1.82, 2.24) is 10.3 Å². The second-order valence-corrected chi connectivity index (χ2v) is 5.06. The van der Waals surface area contributed by atoms with Crippen molar-refractivity contribution in [3.05, 3.63) is 23.9 Å². The highest BCUT2D eigenvalue weighted by molar-refractivity contribution is 5.25. The fourth-order valence-electron chi connectivity index (χ4n) is 1.63. The van der Waals surface area contributed by atoms with Crippen LogP contribution in [0.2, 0.25) is 0 Å². The molecule has 0 unspecified atom stereocenters. The minimum Gasteiger partial charge on any atom is -0.477 e. The topological polar surface area (TPSA) is 34.2 Å². The summed E-state index contributed by atoms with van der Waals surface area (Å²) in [6, 6.07) is 3.65. The molecule has 0 amide bonds. The first kappa shape index (κ1) is 16.8. The van der Waals surface area contributed by atoms with Crippen LogP contribution in [0.25, 0.3) is 0 Å². The Morgan fingerprint density at radius 2 is 2.10 bits per heavy atom. The smallest absolute Gasteiger partial charge is 0.389 e. The van der Waals surface area contributed by atoms with E-state index in [0.717, 1.165) is 12.1 Å². The summed E-state index contributed by atoms with van der Waals surface area (Å²) in [6.45, 7) is 5.69. The summed E-state index contributed by atoms with van der Waals surface area (Å²) >= 11 is 0. The highest BCUT2D eigenvalue weighted by atomic mass is 19.4. The molecule has 0 saturated heterocycles. The molecule has 0 atom stereocenters. The number of ether oxygens (including phenoxy) is 1. The van der Waals surface area contributed by atoms with Gasteiger partial charge in [0.1, 0.15) is 0 Å². The van der Waals surface area contributed by atoms with Crippen molar-refractivity contribution in [3.63, 3.8) is 0 Å². The number of aromatic nitrogens is 1. The Morgan fingerprint density at radius 1 is 1.35 bits per heavy atom. The lowest BCUT2D eigenvalue weighted by Crippen LogP contribution is -2.19. The summed E-state index contributed by atoms with van der Waals surface area (Å²) in [7, 11) is 0. The summed E-state index contributed by atoms with van der Waals surface area (Å²) in [5, 5.41) is 3.26. The summed E-state index contributed by atoms with van der Waals surface area (Å²) in [4.78, 5) is 4.07. The fourth-order valence-corrected chi connectivity index (χ4v) is 1.63. The quantitative estimate of drug-likeness (QED) is 0.743. The zero-order chi connectivity index (χ0) is 15.0. The van der Waals surface area contributed by atoms with Crippen LogP contribution in [0, 0.1) is 5.92 Å². The van der Waals surface area contributed by atoms with Crippen LogP contribution in [0.3, 0.4) is 0 Å². The van der Waals surface area contributed by atoms with Crippen molar-refractivity contribution < 1.29 is 17.9 Å². The highest BCUT2D eigenvalue weighted by Gasteiger charge is 2.26. The molecule has 0 saturated carbocycles. The second kappa shape index (κ2) is 8.09. The molecular weight excluding hydrogens is 269 g/mol. The van der Waals surface area contributed by atoms with Gasteiger partial charge in [-0.1, -0.05) is 19.9 Å². The van der Waals surface area contributed by atoms with Crippen LogP contribution in [0.1, 0.15) is 32.3 Å². The van der Waals surface area contributed by atoms with Crippen LogP contribution in [-0.4, -0.2) is 24.3 Å². The van der Waals surface area contributed by atoms with Gasteiger partial charge in [0.25, 0.3) is 0 Å². The van der Waals surface area contributed by atoms with Crippen molar-refractivity contribution in [3.8, 4) is 5.88 Å². The number of nitrogens with one attached hydrogen (secondary N) is 1. The van der Waals surface area contributed by atoms with Gasteiger partial charge in [-0.2, -0.15) is 13.2 Å². The van der Waals surface area contributed by atoms with Gasteiger partial charge in [-0.3, -0.25) is 0 Å². The monoisotopic (exact) mass is 290 g/mol. The summed E-state index contributed by atoms with van der Waals surface area (Å²) < 4.78 is 41.4. The van der Waals surface area contributed by atoms with Crippen molar-refractivity contribution >= 4 is 0 Å². The van der Waals surface area contributed by atoms with E-state index in [4.69, 9.17) is 4.74 Å². The third kappa shape index (κ3) is 7.33. The van der Waals surface area contributed by atoms with Crippen molar-refractivity contribution in [2.24, 2.45) is 5.92 Å². The minimum atomic E-state index is -4.13. The lowest BCUT2D eigenvalue weighted by atomic mass is 10.2. The molecule has 3 nitrogen and oxygen atoms in total.